The van der Waals surface area contributed by atoms with Crippen LogP contribution in [-0.2, 0) is 0 Å². The molecule has 4 rings (SSSR count). The average Bonchev–Trinajstić information content (AvgIpc) is 3.52. The Hall–Kier alpha value is -2.49. The van der Waals surface area contributed by atoms with Crippen LogP contribution in [0.25, 0.3) is 6.08 Å². The minimum absolute atomic E-state index is 0.0556. The first kappa shape index (κ1) is 16.0. The maximum Gasteiger partial charge on any atom is 0.257 e. The van der Waals surface area contributed by atoms with Gasteiger partial charge in [0.25, 0.3) is 5.91 Å². The summed E-state index contributed by atoms with van der Waals surface area (Å²) >= 11 is 0. The number of carbonyl (C=O) groups is 1. The van der Waals surface area contributed by atoms with Gasteiger partial charge in [0.05, 0.1) is 11.3 Å². The van der Waals surface area contributed by atoms with Crippen LogP contribution in [0, 0.1) is 6.92 Å². The molecule has 0 N–H and O–H groups in total. The molecular weight excluding hydrogens is 310 g/mol. The molecular formula is C21H23N3O. The van der Waals surface area contributed by atoms with Gasteiger partial charge in [-0.25, -0.2) is 9.97 Å². The van der Waals surface area contributed by atoms with Crippen molar-refractivity contribution in [3.63, 3.8) is 0 Å². The summed E-state index contributed by atoms with van der Waals surface area (Å²) in [6.07, 6.45) is 10.4. The molecule has 25 heavy (non-hydrogen) atoms. The standard InChI is InChI=1S/C21H23N3O/c1-15-19(14-22-20(23-15)17-9-10-17)21(25)24(18-11-12-18)13-5-8-16-6-3-2-4-7-16/h2-8,14,17-18H,9-13H2,1H3. The number of rotatable bonds is 6. The van der Waals surface area contributed by atoms with Crippen LogP contribution in [0.5, 0.6) is 0 Å². The molecule has 2 aliphatic carbocycles. The van der Waals surface area contributed by atoms with Crippen LogP contribution >= 0.6 is 0 Å². The van der Waals surface area contributed by atoms with E-state index in [1.807, 2.05) is 30.0 Å². The number of benzene rings is 1. The van der Waals surface area contributed by atoms with E-state index in [9.17, 15) is 4.79 Å². The van der Waals surface area contributed by atoms with Gasteiger partial charge in [0.15, 0.2) is 0 Å². The highest BCUT2D eigenvalue weighted by atomic mass is 16.2. The van der Waals surface area contributed by atoms with Gasteiger partial charge in [0.1, 0.15) is 5.82 Å². The van der Waals surface area contributed by atoms with Gasteiger partial charge >= 0.3 is 0 Å². The number of aromatic nitrogens is 2. The molecule has 4 nitrogen and oxygen atoms in total. The summed E-state index contributed by atoms with van der Waals surface area (Å²) < 4.78 is 0. The summed E-state index contributed by atoms with van der Waals surface area (Å²) in [5, 5.41) is 0. The highest BCUT2D eigenvalue weighted by molar-refractivity contribution is 5.95. The van der Waals surface area contributed by atoms with E-state index in [0.717, 1.165) is 29.9 Å². The molecule has 0 bridgehead atoms. The number of hydrogen-bond acceptors (Lipinski definition) is 3. The van der Waals surface area contributed by atoms with Crippen LogP contribution in [-0.4, -0.2) is 33.4 Å². The summed E-state index contributed by atoms with van der Waals surface area (Å²) in [6, 6.07) is 10.5. The van der Waals surface area contributed by atoms with Gasteiger partial charge in [0.2, 0.25) is 0 Å². The monoisotopic (exact) mass is 333 g/mol. The lowest BCUT2D eigenvalue weighted by atomic mass is 10.2. The van der Waals surface area contributed by atoms with Gasteiger partial charge in [-0.2, -0.15) is 0 Å². The Morgan fingerprint density at radius 2 is 1.96 bits per heavy atom. The number of carbonyl (C=O) groups excluding carboxylic acids is 1. The van der Waals surface area contributed by atoms with E-state index >= 15 is 0 Å². The van der Waals surface area contributed by atoms with Crippen molar-refractivity contribution in [1.82, 2.24) is 14.9 Å². The molecule has 2 fully saturated rings. The Morgan fingerprint density at radius 3 is 2.60 bits per heavy atom. The first-order valence-electron chi connectivity index (χ1n) is 9.08. The second-order valence-corrected chi connectivity index (χ2v) is 7.00. The van der Waals surface area contributed by atoms with Crippen molar-refractivity contribution in [3.05, 3.63) is 65.2 Å². The van der Waals surface area contributed by atoms with E-state index in [1.54, 1.807) is 6.20 Å². The lowest BCUT2D eigenvalue weighted by Gasteiger charge is -2.21. The van der Waals surface area contributed by atoms with Crippen molar-refractivity contribution in [2.75, 3.05) is 6.54 Å². The van der Waals surface area contributed by atoms with Crippen LogP contribution in [0.2, 0.25) is 0 Å². The molecule has 1 heterocycles. The molecule has 0 spiro atoms. The van der Waals surface area contributed by atoms with Gasteiger partial charge in [-0.15, -0.1) is 0 Å². The quantitative estimate of drug-likeness (QED) is 0.803. The number of aryl methyl sites for hydroxylation is 1. The topological polar surface area (TPSA) is 46.1 Å². The molecule has 0 atom stereocenters. The van der Waals surface area contributed by atoms with Crippen molar-refractivity contribution < 1.29 is 4.79 Å². The smallest absolute Gasteiger partial charge is 0.257 e. The molecule has 2 aromatic rings. The summed E-state index contributed by atoms with van der Waals surface area (Å²) in [7, 11) is 0. The Labute approximate surface area is 148 Å². The predicted molar refractivity (Wildman–Crippen MR) is 98.3 cm³/mol. The van der Waals surface area contributed by atoms with Crippen LogP contribution in [0.4, 0.5) is 0 Å². The van der Waals surface area contributed by atoms with Crippen LogP contribution in [0.3, 0.4) is 0 Å². The molecule has 2 aliphatic rings. The van der Waals surface area contributed by atoms with E-state index in [0.29, 0.717) is 24.1 Å². The number of amides is 1. The molecule has 0 radical (unpaired) electrons. The molecule has 2 saturated carbocycles. The maximum atomic E-state index is 13.0. The SMILES string of the molecule is Cc1nc(C2CC2)ncc1C(=O)N(CC=Cc1ccccc1)C1CC1. The van der Waals surface area contributed by atoms with Crippen molar-refractivity contribution in [2.24, 2.45) is 0 Å². The Kier molecular flexibility index (Phi) is 4.35. The third kappa shape index (κ3) is 3.78. The molecule has 0 unspecified atom stereocenters. The third-order valence-corrected chi connectivity index (χ3v) is 4.83. The highest BCUT2D eigenvalue weighted by Crippen LogP contribution is 2.38. The fourth-order valence-corrected chi connectivity index (χ4v) is 3.04. The van der Waals surface area contributed by atoms with E-state index < -0.39 is 0 Å². The van der Waals surface area contributed by atoms with Crippen LogP contribution in [0.15, 0.2) is 42.6 Å². The lowest BCUT2D eigenvalue weighted by Crippen LogP contribution is -2.34. The summed E-state index contributed by atoms with van der Waals surface area (Å²) in [5.41, 5.74) is 2.60. The summed E-state index contributed by atoms with van der Waals surface area (Å²) in [6.45, 7) is 2.55. The molecule has 4 heteroatoms. The third-order valence-electron chi connectivity index (χ3n) is 4.83. The molecule has 1 aromatic heterocycles. The van der Waals surface area contributed by atoms with E-state index in [-0.39, 0.29) is 5.91 Å². The molecule has 1 aromatic carbocycles. The number of hydrogen-bond donors (Lipinski definition) is 0. The van der Waals surface area contributed by atoms with Gasteiger partial charge in [-0.1, -0.05) is 42.5 Å². The fourth-order valence-electron chi connectivity index (χ4n) is 3.04. The summed E-state index contributed by atoms with van der Waals surface area (Å²) in [5.74, 6) is 1.47. The summed E-state index contributed by atoms with van der Waals surface area (Å²) in [4.78, 5) is 24.0. The van der Waals surface area contributed by atoms with Crippen molar-refractivity contribution in [2.45, 2.75) is 44.6 Å². The fraction of sp³-hybridized carbons (Fsp3) is 0.381. The molecule has 0 saturated heterocycles. The van der Waals surface area contributed by atoms with Crippen LogP contribution in [0.1, 0.15) is 59.0 Å². The van der Waals surface area contributed by atoms with Crippen molar-refractivity contribution in [1.29, 1.82) is 0 Å². The Morgan fingerprint density at radius 1 is 1.20 bits per heavy atom. The van der Waals surface area contributed by atoms with Gasteiger partial charge < -0.3 is 4.90 Å². The van der Waals surface area contributed by atoms with E-state index in [4.69, 9.17) is 0 Å². The van der Waals surface area contributed by atoms with Gasteiger partial charge in [-0.05, 0) is 38.2 Å². The lowest BCUT2D eigenvalue weighted by molar-refractivity contribution is 0.0761. The first-order valence-corrected chi connectivity index (χ1v) is 9.08. The van der Waals surface area contributed by atoms with E-state index in [1.165, 1.54) is 12.8 Å². The zero-order valence-electron chi connectivity index (χ0n) is 14.6. The second-order valence-electron chi connectivity index (χ2n) is 7.00. The highest BCUT2D eigenvalue weighted by Gasteiger charge is 2.34. The number of nitrogens with zero attached hydrogens (tertiary/aromatic N) is 3. The zero-order valence-corrected chi connectivity index (χ0v) is 14.6. The average molecular weight is 333 g/mol. The normalized spacial score (nSPS) is 17.0. The maximum absolute atomic E-state index is 13.0. The largest absolute Gasteiger partial charge is 0.332 e. The van der Waals surface area contributed by atoms with Crippen molar-refractivity contribution in [3.8, 4) is 0 Å². The Bertz CT molecular complexity index is 792. The molecule has 1 amide bonds. The minimum atomic E-state index is 0.0556. The van der Waals surface area contributed by atoms with E-state index in [2.05, 4.69) is 34.3 Å². The first-order chi connectivity index (χ1) is 12.2. The van der Waals surface area contributed by atoms with Gasteiger partial charge in [-0.3, -0.25) is 4.79 Å². The molecule has 0 aliphatic heterocycles. The Balaban J connectivity index is 1.48. The zero-order chi connectivity index (χ0) is 17.2. The minimum Gasteiger partial charge on any atom is -0.332 e. The molecule has 128 valence electrons. The second kappa shape index (κ2) is 6.79. The predicted octanol–water partition coefficient (Wildman–Crippen LogP) is 3.98. The van der Waals surface area contributed by atoms with Gasteiger partial charge in [0, 0.05) is 24.7 Å². The van der Waals surface area contributed by atoms with Crippen molar-refractivity contribution >= 4 is 12.0 Å². The van der Waals surface area contributed by atoms with Crippen LogP contribution < -0.4 is 0 Å².